The molecular weight excluding hydrogens is 309 g/mol. The molecule has 0 bridgehead atoms. The average molecular weight is 332 g/mol. The molecule has 1 heterocycles. The molecule has 1 fully saturated rings. The Kier molecular flexibility index (Phi) is 6.18. The van der Waals surface area contributed by atoms with E-state index in [4.69, 9.17) is 27.9 Å². The minimum Gasteiger partial charge on any atom is -0.489 e. The fourth-order valence-corrected chi connectivity index (χ4v) is 3.37. The fraction of sp³-hybridized carbons (Fsp3) is 0.625. The molecule has 3 atom stereocenters. The standard InChI is InChI=1S/C16H23Cl2NO2/c1-11-4-3-5-12(2)19(11)9-14(20)10-21-16-7-6-13(17)8-15(16)18/h6-8,11-12,14,20H,3-5,9-10H2,1-2H3/t11-,12-,14-/m1/s1. The zero-order valence-electron chi connectivity index (χ0n) is 12.6. The third-order valence-corrected chi connectivity index (χ3v) is 4.65. The van der Waals surface area contributed by atoms with E-state index in [1.54, 1.807) is 18.2 Å². The van der Waals surface area contributed by atoms with E-state index in [-0.39, 0.29) is 6.61 Å². The van der Waals surface area contributed by atoms with Crippen molar-refractivity contribution in [2.24, 2.45) is 0 Å². The van der Waals surface area contributed by atoms with Gasteiger partial charge in [-0.15, -0.1) is 0 Å². The number of hydrogen-bond donors (Lipinski definition) is 1. The van der Waals surface area contributed by atoms with Crippen molar-refractivity contribution in [1.29, 1.82) is 0 Å². The number of benzene rings is 1. The Morgan fingerprint density at radius 2 is 1.95 bits per heavy atom. The van der Waals surface area contributed by atoms with E-state index in [0.29, 0.717) is 34.4 Å². The number of nitrogens with zero attached hydrogens (tertiary/aromatic N) is 1. The molecule has 3 nitrogen and oxygen atoms in total. The number of ether oxygens (including phenoxy) is 1. The smallest absolute Gasteiger partial charge is 0.138 e. The van der Waals surface area contributed by atoms with Crippen molar-refractivity contribution in [3.63, 3.8) is 0 Å². The van der Waals surface area contributed by atoms with Crippen LogP contribution in [0.15, 0.2) is 18.2 Å². The predicted octanol–water partition coefficient (Wildman–Crippen LogP) is 4.00. The summed E-state index contributed by atoms with van der Waals surface area (Å²) in [4.78, 5) is 2.36. The summed E-state index contributed by atoms with van der Waals surface area (Å²) >= 11 is 11.9. The number of β-amino-alcohol motifs (C(OH)–C–C–N with tert-alkyl or cyclic N) is 1. The molecule has 0 aromatic heterocycles. The first-order valence-electron chi connectivity index (χ1n) is 7.49. The van der Waals surface area contributed by atoms with Crippen LogP contribution in [0, 0.1) is 0 Å². The maximum atomic E-state index is 10.2. The van der Waals surface area contributed by atoms with Crippen LogP contribution in [0.4, 0.5) is 0 Å². The molecule has 1 aromatic rings. The molecule has 118 valence electrons. The first kappa shape index (κ1) is 16.9. The zero-order chi connectivity index (χ0) is 15.4. The number of aliphatic hydroxyl groups excluding tert-OH is 1. The van der Waals surface area contributed by atoms with Gasteiger partial charge in [-0.1, -0.05) is 29.6 Å². The van der Waals surface area contributed by atoms with Crippen molar-refractivity contribution < 1.29 is 9.84 Å². The number of hydrogen-bond acceptors (Lipinski definition) is 3. The first-order valence-corrected chi connectivity index (χ1v) is 8.24. The third-order valence-electron chi connectivity index (χ3n) is 4.12. The molecule has 0 saturated carbocycles. The lowest BCUT2D eigenvalue weighted by Crippen LogP contribution is -2.48. The Labute approximate surface area is 136 Å². The normalized spacial score (nSPS) is 24.8. The summed E-state index contributed by atoms with van der Waals surface area (Å²) in [6.07, 6.45) is 3.13. The van der Waals surface area contributed by atoms with E-state index in [2.05, 4.69) is 18.7 Å². The van der Waals surface area contributed by atoms with Gasteiger partial charge in [-0.3, -0.25) is 4.90 Å². The molecule has 5 heteroatoms. The minimum absolute atomic E-state index is 0.233. The maximum absolute atomic E-state index is 10.2. The molecular formula is C16H23Cl2NO2. The highest BCUT2D eigenvalue weighted by molar-refractivity contribution is 6.35. The van der Waals surface area contributed by atoms with Crippen molar-refractivity contribution in [2.45, 2.75) is 51.3 Å². The second-order valence-electron chi connectivity index (χ2n) is 5.87. The summed E-state index contributed by atoms with van der Waals surface area (Å²) in [7, 11) is 0. The Morgan fingerprint density at radius 1 is 1.29 bits per heavy atom. The summed E-state index contributed by atoms with van der Waals surface area (Å²) in [6.45, 7) is 5.31. The van der Waals surface area contributed by atoms with Gasteiger partial charge >= 0.3 is 0 Å². The second-order valence-corrected chi connectivity index (χ2v) is 6.71. The van der Waals surface area contributed by atoms with E-state index in [9.17, 15) is 5.11 Å². The third kappa shape index (κ3) is 4.75. The maximum Gasteiger partial charge on any atom is 0.138 e. The second kappa shape index (κ2) is 7.68. The van der Waals surface area contributed by atoms with E-state index in [1.165, 1.54) is 19.3 Å². The minimum atomic E-state index is -0.528. The van der Waals surface area contributed by atoms with Crippen LogP contribution in [0.5, 0.6) is 5.75 Å². The number of aliphatic hydroxyl groups is 1. The highest BCUT2D eigenvalue weighted by atomic mass is 35.5. The van der Waals surface area contributed by atoms with Crippen LogP contribution in [0.3, 0.4) is 0 Å². The number of rotatable bonds is 5. The SMILES string of the molecule is C[C@@H]1CCC[C@@H](C)N1C[C@@H](O)COc1ccc(Cl)cc1Cl. The molecule has 1 aromatic carbocycles. The van der Waals surface area contributed by atoms with Gasteiger partial charge < -0.3 is 9.84 Å². The van der Waals surface area contributed by atoms with Gasteiger partial charge in [0.05, 0.1) is 5.02 Å². The van der Waals surface area contributed by atoms with Gasteiger partial charge in [-0.05, 0) is 44.9 Å². The number of piperidine rings is 1. The molecule has 1 saturated heterocycles. The molecule has 0 unspecified atom stereocenters. The lowest BCUT2D eigenvalue weighted by atomic mass is 9.97. The van der Waals surface area contributed by atoms with Crippen molar-refractivity contribution in [2.75, 3.05) is 13.2 Å². The molecule has 1 aliphatic heterocycles. The van der Waals surface area contributed by atoms with Crippen LogP contribution in [0.1, 0.15) is 33.1 Å². The summed E-state index contributed by atoms with van der Waals surface area (Å²) in [5.41, 5.74) is 0. The van der Waals surface area contributed by atoms with Gasteiger partial charge in [0.1, 0.15) is 18.5 Å². The van der Waals surface area contributed by atoms with Crippen LogP contribution in [-0.2, 0) is 0 Å². The van der Waals surface area contributed by atoms with Crippen LogP contribution in [-0.4, -0.2) is 41.3 Å². The molecule has 0 aliphatic carbocycles. The van der Waals surface area contributed by atoms with Crippen molar-refractivity contribution >= 4 is 23.2 Å². The summed E-state index contributed by atoms with van der Waals surface area (Å²) < 4.78 is 5.60. The Bertz CT molecular complexity index is 460. The van der Waals surface area contributed by atoms with Gasteiger partial charge in [-0.25, -0.2) is 0 Å². The van der Waals surface area contributed by atoms with Gasteiger partial charge in [0.2, 0.25) is 0 Å². The summed E-state index contributed by atoms with van der Waals surface area (Å²) in [5.74, 6) is 0.555. The fourth-order valence-electron chi connectivity index (χ4n) is 2.91. The molecule has 0 amide bonds. The number of likely N-dealkylation sites (tertiary alicyclic amines) is 1. The molecule has 1 aliphatic rings. The quantitative estimate of drug-likeness (QED) is 0.885. The van der Waals surface area contributed by atoms with Gasteiger partial charge in [0.25, 0.3) is 0 Å². The molecule has 21 heavy (non-hydrogen) atoms. The molecule has 0 spiro atoms. The molecule has 1 N–H and O–H groups in total. The van der Waals surface area contributed by atoms with E-state index < -0.39 is 6.10 Å². The lowest BCUT2D eigenvalue weighted by Gasteiger charge is -2.40. The summed E-state index contributed by atoms with van der Waals surface area (Å²) in [5, 5.41) is 11.2. The zero-order valence-corrected chi connectivity index (χ0v) is 14.1. The Hall–Kier alpha value is -0.480. The Balaban J connectivity index is 1.85. The van der Waals surface area contributed by atoms with Crippen LogP contribution in [0.25, 0.3) is 0 Å². The highest BCUT2D eigenvalue weighted by Gasteiger charge is 2.26. The van der Waals surface area contributed by atoms with Gasteiger partial charge in [-0.2, -0.15) is 0 Å². The van der Waals surface area contributed by atoms with Crippen LogP contribution >= 0.6 is 23.2 Å². The lowest BCUT2D eigenvalue weighted by molar-refractivity contribution is 0.0209. The monoisotopic (exact) mass is 331 g/mol. The van der Waals surface area contributed by atoms with Crippen molar-refractivity contribution in [1.82, 2.24) is 4.90 Å². The molecule has 0 radical (unpaired) electrons. The van der Waals surface area contributed by atoms with Gasteiger partial charge in [0, 0.05) is 23.7 Å². The largest absolute Gasteiger partial charge is 0.489 e. The van der Waals surface area contributed by atoms with Crippen molar-refractivity contribution in [3.05, 3.63) is 28.2 Å². The van der Waals surface area contributed by atoms with E-state index in [0.717, 1.165) is 0 Å². The predicted molar refractivity (Wildman–Crippen MR) is 87.4 cm³/mol. The summed E-state index contributed by atoms with van der Waals surface area (Å²) in [6, 6.07) is 6.12. The van der Waals surface area contributed by atoms with E-state index >= 15 is 0 Å². The number of halogens is 2. The first-order chi connectivity index (χ1) is 9.97. The van der Waals surface area contributed by atoms with E-state index in [1.807, 2.05) is 0 Å². The molecule has 2 rings (SSSR count). The van der Waals surface area contributed by atoms with Crippen LogP contribution in [0.2, 0.25) is 10.0 Å². The van der Waals surface area contributed by atoms with Crippen molar-refractivity contribution in [3.8, 4) is 5.75 Å². The average Bonchev–Trinajstić information content (AvgIpc) is 2.42. The topological polar surface area (TPSA) is 32.7 Å². The Morgan fingerprint density at radius 3 is 2.57 bits per heavy atom. The highest BCUT2D eigenvalue weighted by Crippen LogP contribution is 2.28. The van der Waals surface area contributed by atoms with Gasteiger partial charge in [0.15, 0.2) is 0 Å². The van der Waals surface area contributed by atoms with Crippen LogP contribution < -0.4 is 4.74 Å².